The van der Waals surface area contributed by atoms with Gasteiger partial charge >= 0.3 is 5.69 Å². The third-order valence-electron chi connectivity index (χ3n) is 3.46. The van der Waals surface area contributed by atoms with E-state index in [4.69, 9.17) is 4.74 Å². The van der Waals surface area contributed by atoms with Gasteiger partial charge in [-0.05, 0) is 32.3 Å². The predicted molar refractivity (Wildman–Crippen MR) is 75.2 cm³/mol. The maximum absolute atomic E-state index is 12.2. The van der Waals surface area contributed by atoms with Gasteiger partial charge in [-0.3, -0.25) is 14.9 Å². The van der Waals surface area contributed by atoms with Gasteiger partial charge in [0.25, 0.3) is 0 Å². The van der Waals surface area contributed by atoms with Crippen LogP contribution in [0.15, 0.2) is 12.1 Å². The van der Waals surface area contributed by atoms with Crippen molar-refractivity contribution in [2.24, 2.45) is 0 Å². The highest BCUT2D eigenvalue weighted by atomic mass is 16.6. The standard InChI is InChI=1S/C14H18N2O4/c1-9(2)15-11-8-13(20-3)12(16(18)19)7-10(11)5-4-6-14(15)17/h7-9H,4-6H2,1-3H3. The highest BCUT2D eigenvalue weighted by Gasteiger charge is 2.28. The second-order valence-corrected chi connectivity index (χ2v) is 5.12. The number of aryl methyl sites for hydroxylation is 1. The highest BCUT2D eigenvalue weighted by molar-refractivity contribution is 5.96. The van der Waals surface area contributed by atoms with E-state index in [0.717, 1.165) is 11.3 Å². The molecule has 0 saturated carbocycles. The zero-order valence-electron chi connectivity index (χ0n) is 11.9. The average Bonchev–Trinajstić information content (AvgIpc) is 2.54. The van der Waals surface area contributed by atoms with Crippen LogP contribution in [-0.4, -0.2) is 24.0 Å². The Morgan fingerprint density at radius 2 is 2.05 bits per heavy atom. The number of benzene rings is 1. The number of ether oxygens (including phenoxy) is 1. The predicted octanol–water partition coefficient (Wildman–Crippen LogP) is 2.68. The summed E-state index contributed by atoms with van der Waals surface area (Å²) in [7, 11) is 1.40. The van der Waals surface area contributed by atoms with Gasteiger partial charge in [0.2, 0.25) is 5.91 Å². The van der Waals surface area contributed by atoms with Crippen molar-refractivity contribution in [3.05, 3.63) is 27.8 Å². The largest absolute Gasteiger partial charge is 0.490 e. The van der Waals surface area contributed by atoms with Gasteiger partial charge in [0.15, 0.2) is 5.75 Å². The minimum atomic E-state index is -0.453. The molecule has 1 heterocycles. The lowest BCUT2D eigenvalue weighted by molar-refractivity contribution is -0.385. The molecule has 0 unspecified atom stereocenters. The molecule has 6 nitrogen and oxygen atoms in total. The fourth-order valence-electron chi connectivity index (χ4n) is 2.58. The molecule has 0 aliphatic carbocycles. The third-order valence-corrected chi connectivity index (χ3v) is 3.46. The molecule has 1 aliphatic heterocycles. The van der Waals surface area contributed by atoms with Crippen molar-refractivity contribution in [3.63, 3.8) is 0 Å². The summed E-state index contributed by atoms with van der Waals surface area (Å²) in [6.45, 7) is 3.86. The van der Waals surface area contributed by atoms with Crippen molar-refractivity contribution in [2.75, 3.05) is 12.0 Å². The molecule has 1 aliphatic rings. The van der Waals surface area contributed by atoms with E-state index in [-0.39, 0.29) is 23.4 Å². The van der Waals surface area contributed by atoms with Crippen molar-refractivity contribution in [1.29, 1.82) is 0 Å². The summed E-state index contributed by atoms with van der Waals surface area (Å²) in [5.41, 5.74) is 1.51. The van der Waals surface area contributed by atoms with E-state index in [1.807, 2.05) is 13.8 Å². The molecule has 0 N–H and O–H groups in total. The Morgan fingerprint density at radius 3 is 2.60 bits per heavy atom. The van der Waals surface area contributed by atoms with E-state index >= 15 is 0 Å². The molecule has 0 radical (unpaired) electrons. The normalized spacial score (nSPS) is 15.0. The van der Waals surface area contributed by atoms with E-state index in [2.05, 4.69) is 0 Å². The first-order valence-electron chi connectivity index (χ1n) is 6.63. The fourth-order valence-corrected chi connectivity index (χ4v) is 2.58. The number of amides is 1. The van der Waals surface area contributed by atoms with Crippen LogP contribution in [0.2, 0.25) is 0 Å². The maximum Gasteiger partial charge on any atom is 0.311 e. The second kappa shape index (κ2) is 5.48. The molecule has 1 aromatic rings. The number of methoxy groups -OCH3 is 1. The maximum atomic E-state index is 12.2. The molecule has 6 heteroatoms. The average molecular weight is 278 g/mol. The number of anilines is 1. The van der Waals surface area contributed by atoms with Gasteiger partial charge in [0, 0.05) is 24.6 Å². The van der Waals surface area contributed by atoms with E-state index in [1.54, 1.807) is 11.0 Å². The lowest BCUT2D eigenvalue weighted by Gasteiger charge is -2.27. The Kier molecular flexibility index (Phi) is 3.92. The van der Waals surface area contributed by atoms with Gasteiger partial charge in [-0.25, -0.2) is 0 Å². The van der Waals surface area contributed by atoms with Crippen molar-refractivity contribution >= 4 is 17.3 Å². The summed E-state index contributed by atoms with van der Waals surface area (Å²) in [4.78, 5) is 24.5. The summed E-state index contributed by atoms with van der Waals surface area (Å²) in [6.07, 6.45) is 1.83. The monoisotopic (exact) mass is 278 g/mol. The fraction of sp³-hybridized carbons (Fsp3) is 0.500. The Morgan fingerprint density at radius 1 is 1.35 bits per heavy atom. The first kappa shape index (κ1) is 14.3. The molecular weight excluding hydrogens is 260 g/mol. The van der Waals surface area contributed by atoms with Crippen molar-refractivity contribution < 1.29 is 14.5 Å². The van der Waals surface area contributed by atoms with Crippen LogP contribution in [-0.2, 0) is 11.2 Å². The molecule has 0 bridgehead atoms. The molecule has 0 saturated heterocycles. The Balaban J connectivity index is 2.62. The molecule has 0 atom stereocenters. The van der Waals surface area contributed by atoms with Gasteiger partial charge in [0.05, 0.1) is 17.7 Å². The van der Waals surface area contributed by atoms with Crippen LogP contribution < -0.4 is 9.64 Å². The molecule has 0 aromatic heterocycles. The highest BCUT2D eigenvalue weighted by Crippen LogP contribution is 2.38. The lowest BCUT2D eigenvalue weighted by Crippen LogP contribution is -2.36. The summed E-state index contributed by atoms with van der Waals surface area (Å²) in [5, 5.41) is 11.1. The molecule has 1 aromatic carbocycles. The zero-order valence-corrected chi connectivity index (χ0v) is 11.9. The van der Waals surface area contributed by atoms with Crippen LogP contribution in [0.4, 0.5) is 11.4 Å². The van der Waals surface area contributed by atoms with E-state index in [9.17, 15) is 14.9 Å². The number of carbonyl (C=O) groups excluding carboxylic acids is 1. The van der Waals surface area contributed by atoms with Gasteiger partial charge < -0.3 is 9.64 Å². The number of hydrogen-bond acceptors (Lipinski definition) is 4. The van der Waals surface area contributed by atoms with Gasteiger partial charge in [-0.1, -0.05) is 0 Å². The van der Waals surface area contributed by atoms with Crippen molar-refractivity contribution in [2.45, 2.75) is 39.2 Å². The van der Waals surface area contributed by atoms with Crippen LogP contribution in [0.25, 0.3) is 0 Å². The van der Waals surface area contributed by atoms with Gasteiger partial charge in [0.1, 0.15) is 0 Å². The minimum Gasteiger partial charge on any atom is -0.490 e. The second-order valence-electron chi connectivity index (χ2n) is 5.12. The van der Waals surface area contributed by atoms with Crippen LogP contribution >= 0.6 is 0 Å². The van der Waals surface area contributed by atoms with Crippen LogP contribution in [0.1, 0.15) is 32.3 Å². The van der Waals surface area contributed by atoms with E-state index in [0.29, 0.717) is 19.3 Å². The van der Waals surface area contributed by atoms with Crippen LogP contribution in [0, 0.1) is 10.1 Å². The Hall–Kier alpha value is -2.11. The van der Waals surface area contributed by atoms with E-state index < -0.39 is 4.92 Å². The van der Waals surface area contributed by atoms with Crippen LogP contribution in [0.3, 0.4) is 0 Å². The minimum absolute atomic E-state index is 0.00510. The number of nitro benzene ring substituents is 1. The topological polar surface area (TPSA) is 72.7 Å². The number of nitro groups is 1. The Labute approximate surface area is 117 Å². The summed E-state index contributed by atoms with van der Waals surface area (Å²) in [6, 6.07) is 3.14. The number of hydrogen-bond donors (Lipinski definition) is 0. The molecule has 0 fully saturated rings. The number of nitrogens with zero attached hydrogens (tertiary/aromatic N) is 2. The SMILES string of the molecule is COc1cc2c(cc1[N+](=O)[O-])CCCC(=O)N2C(C)C. The van der Waals surface area contributed by atoms with Crippen molar-refractivity contribution in [3.8, 4) is 5.75 Å². The molecular formula is C14H18N2O4. The molecule has 20 heavy (non-hydrogen) atoms. The lowest BCUT2D eigenvalue weighted by atomic mass is 10.1. The quantitative estimate of drug-likeness (QED) is 0.629. The molecule has 2 rings (SSSR count). The summed E-state index contributed by atoms with van der Waals surface area (Å²) in [5.74, 6) is 0.240. The zero-order chi connectivity index (χ0) is 14.9. The van der Waals surface area contributed by atoms with Crippen molar-refractivity contribution in [1.82, 2.24) is 0 Å². The smallest absolute Gasteiger partial charge is 0.311 e. The summed E-state index contributed by atoms with van der Waals surface area (Å²) >= 11 is 0. The number of carbonyl (C=O) groups is 1. The Bertz CT molecular complexity index is 554. The van der Waals surface area contributed by atoms with E-state index in [1.165, 1.54) is 13.2 Å². The third kappa shape index (κ3) is 2.45. The molecule has 0 spiro atoms. The molecule has 108 valence electrons. The first-order valence-corrected chi connectivity index (χ1v) is 6.63. The number of fused-ring (bicyclic) bond motifs is 1. The molecule has 1 amide bonds. The van der Waals surface area contributed by atoms with Crippen LogP contribution in [0.5, 0.6) is 5.75 Å². The summed E-state index contributed by atoms with van der Waals surface area (Å²) < 4.78 is 5.10. The number of rotatable bonds is 3. The first-order chi connectivity index (χ1) is 9.45. The van der Waals surface area contributed by atoms with Gasteiger partial charge in [-0.2, -0.15) is 0 Å². The van der Waals surface area contributed by atoms with Gasteiger partial charge in [-0.15, -0.1) is 0 Å².